The summed E-state index contributed by atoms with van der Waals surface area (Å²) in [5, 5.41) is 1.41. The molecule has 0 aromatic heterocycles. The van der Waals surface area contributed by atoms with Crippen LogP contribution >= 0.6 is 0 Å². The van der Waals surface area contributed by atoms with Crippen LogP contribution in [0, 0.1) is 0 Å². The molecular weight excluding hydrogens is 172 g/mol. The lowest BCUT2D eigenvalue weighted by Crippen LogP contribution is -2.13. The van der Waals surface area contributed by atoms with E-state index in [1.54, 1.807) is 0 Å². The summed E-state index contributed by atoms with van der Waals surface area (Å²) in [5.74, 6) is 0. The number of benzene rings is 2. The van der Waals surface area contributed by atoms with Crippen molar-refractivity contribution in [2.45, 2.75) is 0 Å². The summed E-state index contributed by atoms with van der Waals surface area (Å²) in [6.45, 7) is 0. The SMILES string of the molecule is [SiH2]c1cccc2c1-c1ccccc1-2. The largest absolute Gasteiger partial charge is 0.0633 e. The second-order valence-electron chi connectivity index (χ2n) is 3.39. The minimum atomic E-state index is 1.41. The molecule has 1 aliphatic rings. The van der Waals surface area contributed by atoms with E-state index < -0.39 is 0 Å². The quantitative estimate of drug-likeness (QED) is 0.462. The third kappa shape index (κ3) is 0.797. The predicted octanol–water partition coefficient (Wildman–Crippen LogP) is 1.59. The molecule has 0 heterocycles. The standard InChI is InChI=1S/C12H9Si/c13-11-7-3-6-10-8-4-1-2-5-9(8)12(10)11/h1-7H,13H2. The van der Waals surface area contributed by atoms with Gasteiger partial charge in [-0.3, -0.25) is 0 Å². The van der Waals surface area contributed by atoms with Crippen molar-refractivity contribution >= 4 is 15.4 Å². The molecule has 1 aliphatic carbocycles. The summed E-state index contributed by atoms with van der Waals surface area (Å²) in [5.41, 5.74) is 5.70. The molecule has 0 amide bonds. The molecule has 3 rings (SSSR count). The smallest absolute Gasteiger partial charge is 0.0485 e. The van der Waals surface area contributed by atoms with Gasteiger partial charge in [-0.1, -0.05) is 47.7 Å². The highest BCUT2D eigenvalue weighted by Gasteiger charge is 2.21. The molecule has 0 N–H and O–H groups in total. The Bertz CT molecular complexity index is 486. The van der Waals surface area contributed by atoms with Crippen LogP contribution in [0.4, 0.5) is 0 Å². The van der Waals surface area contributed by atoms with Crippen LogP contribution in [-0.4, -0.2) is 10.2 Å². The van der Waals surface area contributed by atoms with E-state index >= 15 is 0 Å². The number of hydrogen-bond donors (Lipinski definition) is 0. The van der Waals surface area contributed by atoms with Crippen molar-refractivity contribution in [1.82, 2.24) is 0 Å². The van der Waals surface area contributed by atoms with Gasteiger partial charge in [0.1, 0.15) is 0 Å². The van der Waals surface area contributed by atoms with Gasteiger partial charge < -0.3 is 0 Å². The van der Waals surface area contributed by atoms with Gasteiger partial charge >= 0.3 is 0 Å². The lowest BCUT2D eigenvalue weighted by atomic mass is 9.81. The molecular formula is C12H9Si. The van der Waals surface area contributed by atoms with Gasteiger partial charge in [0.05, 0.1) is 0 Å². The summed E-state index contributed by atoms with van der Waals surface area (Å²) in [6, 6.07) is 15.1. The predicted molar refractivity (Wildman–Crippen MR) is 59.1 cm³/mol. The molecule has 0 atom stereocenters. The monoisotopic (exact) mass is 181 g/mol. The average molecular weight is 181 g/mol. The number of rotatable bonds is 0. The highest BCUT2D eigenvalue weighted by atomic mass is 28.1. The molecule has 13 heavy (non-hydrogen) atoms. The zero-order chi connectivity index (χ0) is 8.84. The fourth-order valence-electron chi connectivity index (χ4n) is 2.02. The topological polar surface area (TPSA) is 0 Å². The van der Waals surface area contributed by atoms with Crippen molar-refractivity contribution in [1.29, 1.82) is 0 Å². The third-order valence-corrected chi connectivity index (χ3v) is 3.23. The van der Waals surface area contributed by atoms with Gasteiger partial charge in [0, 0.05) is 10.2 Å². The molecule has 0 saturated carbocycles. The van der Waals surface area contributed by atoms with Crippen molar-refractivity contribution in [2.75, 3.05) is 0 Å². The maximum atomic E-state index is 2.20. The summed E-state index contributed by atoms with van der Waals surface area (Å²) < 4.78 is 0. The van der Waals surface area contributed by atoms with Crippen molar-refractivity contribution in [3.8, 4) is 22.3 Å². The van der Waals surface area contributed by atoms with Crippen LogP contribution in [-0.2, 0) is 0 Å². The summed E-state index contributed by atoms with van der Waals surface area (Å²) in [4.78, 5) is 0. The molecule has 0 aliphatic heterocycles. The van der Waals surface area contributed by atoms with Crippen LogP contribution in [0.3, 0.4) is 0 Å². The second kappa shape index (κ2) is 2.33. The van der Waals surface area contributed by atoms with Crippen molar-refractivity contribution in [3.05, 3.63) is 42.5 Å². The maximum Gasteiger partial charge on any atom is 0.0485 e. The Morgan fingerprint density at radius 2 is 1.38 bits per heavy atom. The molecule has 2 aromatic carbocycles. The lowest BCUT2D eigenvalue weighted by molar-refractivity contribution is 1.54. The molecule has 0 fully saturated rings. The molecule has 1 heteroatoms. The lowest BCUT2D eigenvalue weighted by Gasteiger charge is -2.25. The fourth-order valence-corrected chi connectivity index (χ4v) is 2.53. The first-order valence-electron chi connectivity index (χ1n) is 4.42. The Balaban J connectivity index is 2.35. The highest BCUT2D eigenvalue weighted by molar-refractivity contribution is 6.38. The van der Waals surface area contributed by atoms with E-state index in [0.717, 1.165) is 0 Å². The van der Waals surface area contributed by atoms with Crippen molar-refractivity contribution < 1.29 is 0 Å². The summed E-state index contributed by atoms with van der Waals surface area (Å²) >= 11 is 0. The first-order valence-corrected chi connectivity index (χ1v) is 5.13. The molecule has 0 saturated heterocycles. The van der Waals surface area contributed by atoms with Crippen LogP contribution < -0.4 is 5.19 Å². The van der Waals surface area contributed by atoms with E-state index in [-0.39, 0.29) is 0 Å². The van der Waals surface area contributed by atoms with Crippen molar-refractivity contribution in [3.63, 3.8) is 0 Å². The van der Waals surface area contributed by atoms with Gasteiger partial charge in [0.15, 0.2) is 0 Å². The van der Waals surface area contributed by atoms with Gasteiger partial charge in [-0.05, 0) is 22.3 Å². The second-order valence-corrected chi connectivity index (χ2v) is 4.15. The Morgan fingerprint density at radius 3 is 2.23 bits per heavy atom. The van der Waals surface area contributed by atoms with Gasteiger partial charge in [0.2, 0.25) is 0 Å². The van der Waals surface area contributed by atoms with Gasteiger partial charge in [-0.2, -0.15) is 0 Å². The minimum absolute atomic E-state index is 1.41. The van der Waals surface area contributed by atoms with E-state index in [9.17, 15) is 0 Å². The number of hydrogen-bond acceptors (Lipinski definition) is 0. The van der Waals surface area contributed by atoms with Gasteiger partial charge in [0.25, 0.3) is 0 Å². The molecule has 0 nitrogen and oxygen atoms in total. The van der Waals surface area contributed by atoms with Crippen LogP contribution in [0.25, 0.3) is 22.3 Å². The Kier molecular flexibility index (Phi) is 1.27. The summed E-state index contributed by atoms with van der Waals surface area (Å²) in [7, 11) is 1.97. The molecule has 0 unspecified atom stereocenters. The van der Waals surface area contributed by atoms with Crippen molar-refractivity contribution in [2.24, 2.45) is 0 Å². The minimum Gasteiger partial charge on any atom is -0.0633 e. The van der Waals surface area contributed by atoms with Crippen LogP contribution in [0.1, 0.15) is 0 Å². The molecule has 0 bridgehead atoms. The van der Waals surface area contributed by atoms with Gasteiger partial charge in [-0.15, -0.1) is 0 Å². The molecule has 61 valence electrons. The first-order chi connectivity index (χ1) is 6.38. The number of fused-ring (bicyclic) bond motifs is 4. The highest BCUT2D eigenvalue weighted by Crippen LogP contribution is 2.44. The summed E-state index contributed by atoms with van der Waals surface area (Å²) in [6.07, 6.45) is 0. The maximum absolute atomic E-state index is 2.20. The zero-order valence-corrected chi connectivity index (χ0v) is 8.66. The van der Waals surface area contributed by atoms with Crippen LogP contribution in [0.15, 0.2) is 42.5 Å². The van der Waals surface area contributed by atoms with Crippen LogP contribution in [0.2, 0.25) is 0 Å². The zero-order valence-electron chi connectivity index (χ0n) is 7.25. The first kappa shape index (κ1) is 7.10. The Hall–Kier alpha value is -1.34. The van der Waals surface area contributed by atoms with Crippen LogP contribution in [0.5, 0.6) is 0 Å². The van der Waals surface area contributed by atoms with E-state index in [1.807, 2.05) is 10.2 Å². The molecule has 1 radical (unpaired) electrons. The average Bonchev–Trinajstić information content (AvgIpc) is 2.14. The van der Waals surface area contributed by atoms with Gasteiger partial charge in [-0.25, -0.2) is 0 Å². The van der Waals surface area contributed by atoms with E-state index in [2.05, 4.69) is 42.5 Å². The molecule has 0 spiro atoms. The van der Waals surface area contributed by atoms with E-state index in [0.29, 0.717) is 0 Å². The third-order valence-electron chi connectivity index (χ3n) is 2.64. The van der Waals surface area contributed by atoms with E-state index in [1.165, 1.54) is 27.4 Å². The Labute approximate surface area is 80.7 Å². The molecule has 2 aromatic rings. The normalized spacial score (nSPS) is 11.5. The fraction of sp³-hybridized carbons (Fsp3) is 0. The van der Waals surface area contributed by atoms with E-state index in [4.69, 9.17) is 0 Å². The Morgan fingerprint density at radius 1 is 0.692 bits per heavy atom.